The number of benzene rings is 2. The molecule has 0 saturated carbocycles. The van der Waals surface area contributed by atoms with Gasteiger partial charge in [0.2, 0.25) is 0 Å². The van der Waals surface area contributed by atoms with Crippen LogP contribution in [-0.4, -0.2) is 18.9 Å². The Balaban J connectivity index is 2.27. The Morgan fingerprint density at radius 1 is 1.00 bits per heavy atom. The van der Waals surface area contributed by atoms with Gasteiger partial charge in [0.15, 0.2) is 6.29 Å². The van der Waals surface area contributed by atoms with Crippen molar-refractivity contribution in [1.82, 2.24) is 4.57 Å². The minimum absolute atomic E-state index is 0.260. The zero-order chi connectivity index (χ0) is 17.3. The molecule has 0 spiro atoms. The van der Waals surface area contributed by atoms with E-state index in [1.807, 2.05) is 12.1 Å². The molecule has 1 aromatic heterocycles. The van der Waals surface area contributed by atoms with Gasteiger partial charge in [-0.25, -0.2) is 0 Å². The van der Waals surface area contributed by atoms with Gasteiger partial charge in [-0.1, -0.05) is 68.2 Å². The monoisotopic (exact) mass is 335 g/mol. The van der Waals surface area contributed by atoms with Crippen molar-refractivity contribution in [2.75, 3.05) is 0 Å². The van der Waals surface area contributed by atoms with Crippen molar-refractivity contribution in [2.45, 2.75) is 31.6 Å². The molecule has 1 heterocycles. The van der Waals surface area contributed by atoms with E-state index < -0.39 is 8.07 Å². The predicted octanol–water partition coefficient (Wildman–Crippen LogP) is 5.46. The number of aryl methyl sites for hydroxylation is 1. The number of aldehydes is 1. The fraction of sp³-hybridized carbons (Fsp3) is 0.286. The maximum atomic E-state index is 12.0. The highest BCUT2D eigenvalue weighted by Gasteiger charge is 2.28. The lowest BCUT2D eigenvalue weighted by Gasteiger charge is -2.26. The molecule has 2 aromatic carbocycles. The zero-order valence-electron chi connectivity index (χ0n) is 14.9. The van der Waals surface area contributed by atoms with Gasteiger partial charge in [0.25, 0.3) is 0 Å². The number of nitrogens with zero attached hydrogens (tertiary/aromatic N) is 1. The van der Waals surface area contributed by atoms with Crippen molar-refractivity contribution in [2.24, 2.45) is 7.05 Å². The number of aromatic nitrogens is 1. The van der Waals surface area contributed by atoms with Crippen molar-refractivity contribution in [3.05, 3.63) is 71.4 Å². The van der Waals surface area contributed by atoms with Crippen LogP contribution in [0.1, 0.15) is 27.5 Å². The topological polar surface area (TPSA) is 22.0 Å². The van der Waals surface area contributed by atoms with Crippen LogP contribution in [0.3, 0.4) is 0 Å². The van der Waals surface area contributed by atoms with Crippen LogP contribution in [0.15, 0.2) is 54.6 Å². The summed E-state index contributed by atoms with van der Waals surface area (Å²) in [5.74, 6) is 0.260. The van der Waals surface area contributed by atoms with Crippen molar-refractivity contribution in [1.29, 1.82) is 0 Å². The molecule has 3 rings (SSSR count). The van der Waals surface area contributed by atoms with Gasteiger partial charge >= 0.3 is 0 Å². The first kappa shape index (κ1) is 16.7. The lowest BCUT2D eigenvalue weighted by atomic mass is 9.94. The summed E-state index contributed by atoms with van der Waals surface area (Å²) < 4.78 is 2.22. The highest BCUT2D eigenvalue weighted by molar-refractivity contribution is 6.76. The standard InChI is InChI=1S/C21H25NOSi/c1-22-20-13-9-8-12-17(20)18(14-23)21(22)19(15-24(2,3)4)16-10-6-5-7-11-16/h5-14,19H,15H2,1-4H3. The van der Waals surface area contributed by atoms with E-state index in [1.54, 1.807) is 0 Å². The maximum Gasteiger partial charge on any atom is 0.152 e. The Hall–Kier alpha value is -2.13. The van der Waals surface area contributed by atoms with E-state index in [0.717, 1.165) is 34.5 Å². The lowest BCUT2D eigenvalue weighted by molar-refractivity contribution is 0.112. The molecule has 0 fully saturated rings. The van der Waals surface area contributed by atoms with E-state index in [9.17, 15) is 4.79 Å². The van der Waals surface area contributed by atoms with Crippen LogP contribution in [0, 0.1) is 0 Å². The Labute approximate surface area is 145 Å². The Morgan fingerprint density at radius 3 is 2.25 bits per heavy atom. The largest absolute Gasteiger partial charge is 0.346 e. The molecule has 0 amide bonds. The SMILES string of the molecule is Cn1c(C(C[Si](C)(C)C)c2ccccc2)c(C=O)c2ccccc21. The summed E-state index contributed by atoms with van der Waals surface area (Å²) in [5, 5.41) is 1.06. The zero-order valence-corrected chi connectivity index (χ0v) is 15.9. The first-order valence-electron chi connectivity index (χ1n) is 8.50. The first-order valence-corrected chi connectivity index (χ1v) is 12.2. The second-order valence-electron chi connectivity index (χ2n) is 7.72. The minimum Gasteiger partial charge on any atom is -0.346 e. The Kier molecular flexibility index (Phi) is 4.46. The molecular weight excluding hydrogens is 310 g/mol. The number of carbonyl (C=O) groups is 1. The third-order valence-corrected chi connectivity index (χ3v) is 6.29. The normalized spacial score (nSPS) is 13.2. The number of hydrogen-bond acceptors (Lipinski definition) is 1. The van der Waals surface area contributed by atoms with Crippen molar-refractivity contribution in [3.63, 3.8) is 0 Å². The maximum absolute atomic E-state index is 12.0. The Morgan fingerprint density at radius 2 is 1.62 bits per heavy atom. The number of rotatable bonds is 5. The van der Waals surface area contributed by atoms with Crippen LogP contribution in [-0.2, 0) is 7.05 Å². The van der Waals surface area contributed by atoms with Crippen LogP contribution >= 0.6 is 0 Å². The summed E-state index contributed by atoms with van der Waals surface area (Å²) in [6, 6.07) is 20.0. The molecule has 0 radical (unpaired) electrons. The molecular formula is C21H25NOSi. The lowest BCUT2D eigenvalue weighted by Crippen LogP contribution is -2.25. The van der Waals surface area contributed by atoms with Gasteiger partial charge in [0.05, 0.1) is 0 Å². The van der Waals surface area contributed by atoms with Gasteiger partial charge in [-0.2, -0.15) is 0 Å². The highest BCUT2D eigenvalue weighted by Crippen LogP contribution is 2.38. The minimum atomic E-state index is -1.32. The van der Waals surface area contributed by atoms with E-state index >= 15 is 0 Å². The van der Waals surface area contributed by atoms with Crippen LogP contribution in [0.2, 0.25) is 25.7 Å². The molecule has 3 aromatic rings. The van der Waals surface area contributed by atoms with E-state index in [0.29, 0.717) is 0 Å². The first-order chi connectivity index (χ1) is 11.4. The van der Waals surface area contributed by atoms with Gasteiger partial charge in [-0.15, -0.1) is 0 Å². The van der Waals surface area contributed by atoms with Crippen molar-refractivity contribution < 1.29 is 4.79 Å². The second-order valence-corrected chi connectivity index (χ2v) is 13.3. The highest BCUT2D eigenvalue weighted by atomic mass is 28.3. The molecule has 3 heteroatoms. The number of hydrogen-bond donors (Lipinski definition) is 0. The fourth-order valence-corrected chi connectivity index (χ4v) is 5.31. The van der Waals surface area contributed by atoms with Crippen LogP contribution in [0.5, 0.6) is 0 Å². The number of fused-ring (bicyclic) bond motifs is 1. The molecule has 124 valence electrons. The summed E-state index contributed by atoms with van der Waals surface area (Å²) in [5.41, 5.74) is 4.43. The van der Waals surface area contributed by atoms with Gasteiger partial charge in [-0.05, 0) is 17.7 Å². The summed E-state index contributed by atoms with van der Waals surface area (Å²) in [6.45, 7) is 7.19. The molecule has 1 atom stereocenters. The van der Waals surface area contributed by atoms with E-state index in [4.69, 9.17) is 0 Å². The van der Waals surface area contributed by atoms with Crippen molar-refractivity contribution in [3.8, 4) is 0 Å². The average molecular weight is 336 g/mol. The summed E-state index contributed by atoms with van der Waals surface area (Å²) in [7, 11) is 0.765. The molecule has 2 nitrogen and oxygen atoms in total. The van der Waals surface area contributed by atoms with Gasteiger partial charge in [0, 0.05) is 43.2 Å². The number of carbonyl (C=O) groups excluding carboxylic acids is 1. The average Bonchev–Trinajstić information content (AvgIpc) is 2.85. The molecule has 0 aliphatic carbocycles. The van der Waals surface area contributed by atoms with E-state index in [-0.39, 0.29) is 5.92 Å². The molecule has 1 unspecified atom stereocenters. The van der Waals surface area contributed by atoms with E-state index in [1.165, 1.54) is 5.56 Å². The third-order valence-electron chi connectivity index (χ3n) is 4.66. The molecule has 0 N–H and O–H groups in total. The van der Waals surface area contributed by atoms with Crippen LogP contribution in [0.4, 0.5) is 0 Å². The molecule has 0 aliphatic rings. The summed E-state index contributed by atoms with van der Waals surface area (Å²) in [4.78, 5) is 12.0. The molecule has 0 saturated heterocycles. The van der Waals surface area contributed by atoms with E-state index in [2.05, 4.69) is 73.7 Å². The quantitative estimate of drug-likeness (QED) is 0.448. The predicted molar refractivity (Wildman–Crippen MR) is 105 cm³/mol. The molecule has 24 heavy (non-hydrogen) atoms. The second kappa shape index (κ2) is 6.40. The smallest absolute Gasteiger partial charge is 0.152 e. The summed E-state index contributed by atoms with van der Waals surface area (Å²) in [6.07, 6.45) is 1.04. The third kappa shape index (κ3) is 3.09. The van der Waals surface area contributed by atoms with Crippen molar-refractivity contribution >= 4 is 25.3 Å². The van der Waals surface area contributed by atoms with Gasteiger partial charge in [0.1, 0.15) is 0 Å². The van der Waals surface area contributed by atoms with Gasteiger partial charge in [-0.3, -0.25) is 4.79 Å². The van der Waals surface area contributed by atoms with Crippen LogP contribution < -0.4 is 0 Å². The summed E-state index contributed by atoms with van der Waals surface area (Å²) >= 11 is 0. The van der Waals surface area contributed by atoms with Crippen LogP contribution in [0.25, 0.3) is 10.9 Å². The molecule has 0 bridgehead atoms. The molecule has 0 aliphatic heterocycles. The Bertz CT molecular complexity index is 859. The fourth-order valence-electron chi connectivity index (χ4n) is 3.66. The number of para-hydroxylation sites is 1. The van der Waals surface area contributed by atoms with Gasteiger partial charge < -0.3 is 4.57 Å².